The van der Waals surface area contributed by atoms with Crippen LogP contribution in [0.5, 0.6) is 0 Å². The molecule has 2 aromatic rings. The van der Waals surface area contributed by atoms with Gasteiger partial charge in [0.05, 0.1) is 10.7 Å². The van der Waals surface area contributed by atoms with Crippen molar-refractivity contribution in [1.29, 1.82) is 0 Å². The van der Waals surface area contributed by atoms with Crippen molar-refractivity contribution in [3.05, 3.63) is 59.1 Å². The van der Waals surface area contributed by atoms with Gasteiger partial charge in [0.2, 0.25) is 0 Å². The first kappa shape index (κ1) is 21.0. The number of carbonyl (C=O) groups is 2. The molecular formula is C20H21ClF2N4O2. The van der Waals surface area contributed by atoms with E-state index in [1.807, 2.05) is 11.0 Å². The van der Waals surface area contributed by atoms with Gasteiger partial charge in [0.1, 0.15) is 11.6 Å². The van der Waals surface area contributed by atoms with E-state index in [9.17, 15) is 18.4 Å². The molecule has 2 aromatic carbocycles. The molecule has 0 aliphatic carbocycles. The van der Waals surface area contributed by atoms with Gasteiger partial charge in [0.25, 0.3) is 0 Å². The SMILES string of the molecule is O=C(NCCN1CCN(c2ccccc2F)CC1)C(=O)Nc1ccc(F)c(Cl)c1. The van der Waals surface area contributed by atoms with Gasteiger partial charge < -0.3 is 15.5 Å². The maximum atomic E-state index is 13.9. The minimum absolute atomic E-state index is 0.141. The summed E-state index contributed by atoms with van der Waals surface area (Å²) in [6.07, 6.45) is 0. The van der Waals surface area contributed by atoms with Crippen LogP contribution in [0.15, 0.2) is 42.5 Å². The lowest BCUT2D eigenvalue weighted by Gasteiger charge is -2.36. The van der Waals surface area contributed by atoms with Gasteiger partial charge >= 0.3 is 11.8 Å². The van der Waals surface area contributed by atoms with Crippen molar-refractivity contribution >= 4 is 34.8 Å². The standard InChI is InChI=1S/C20H21ClF2N4O2/c21-15-13-14(5-6-16(15)22)25-20(29)19(28)24-7-8-26-9-11-27(12-10-26)18-4-2-1-3-17(18)23/h1-6,13H,7-12H2,(H,24,28)(H,25,29). The zero-order chi connectivity index (χ0) is 20.8. The summed E-state index contributed by atoms with van der Waals surface area (Å²) in [4.78, 5) is 27.9. The van der Waals surface area contributed by atoms with Crippen LogP contribution in [0.2, 0.25) is 5.02 Å². The Hall–Kier alpha value is -2.71. The zero-order valence-electron chi connectivity index (χ0n) is 15.6. The molecule has 0 bridgehead atoms. The van der Waals surface area contributed by atoms with Gasteiger partial charge in [-0.05, 0) is 30.3 Å². The number of anilines is 2. The minimum atomic E-state index is -0.850. The molecule has 0 spiro atoms. The van der Waals surface area contributed by atoms with Crippen LogP contribution in [0.3, 0.4) is 0 Å². The molecule has 1 fully saturated rings. The Kier molecular flexibility index (Phi) is 7.00. The van der Waals surface area contributed by atoms with Gasteiger partial charge in [-0.3, -0.25) is 14.5 Å². The topological polar surface area (TPSA) is 64.7 Å². The largest absolute Gasteiger partial charge is 0.367 e. The van der Waals surface area contributed by atoms with Gasteiger partial charge in [-0.25, -0.2) is 8.78 Å². The van der Waals surface area contributed by atoms with E-state index in [2.05, 4.69) is 15.5 Å². The number of carbonyl (C=O) groups excluding carboxylic acids is 2. The molecule has 2 amide bonds. The van der Waals surface area contributed by atoms with Crippen LogP contribution >= 0.6 is 11.6 Å². The second-order valence-electron chi connectivity index (χ2n) is 6.62. The minimum Gasteiger partial charge on any atom is -0.367 e. The molecule has 9 heteroatoms. The second-order valence-corrected chi connectivity index (χ2v) is 7.03. The van der Waals surface area contributed by atoms with E-state index in [0.29, 0.717) is 31.9 Å². The summed E-state index contributed by atoms with van der Waals surface area (Å²) in [6.45, 7) is 3.69. The lowest BCUT2D eigenvalue weighted by Crippen LogP contribution is -2.49. The summed E-state index contributed by atoms with van der Waals surface area (Å²) < 4.78 is 27.0. The number of halogens is 3. The molecule has 0 radical (unpaired) electrons. The molecule has 3 rings (SSSR count). The quantitative estimate of drug-likeness (QED) is 0.727. The van der Waals surface area contributed by atoms with E-state index in [1.165, 1.54) is 18.2 Å². The summed E-state index contributed by atoms with van der Waals surface area (Å²) in [7, 11) is 0. The van der Waals surface area contributed by atoms with E-state index in [1.54, 1.807) is 12.1 Å². The predicted molar refractivity (Wildman–Crippen MR) is 108 cm³/mol. The first-order valence-electron chi connectivity index (χ1n) is 9.20. The van der Waals surface area contributed by atoms with Crippen LogP contribution in [0.25, 0.3) is 0 Å². The Morgan fingerprint density at radius 2 is 1.69 bits per heavy atom. The Morgan fingerprint density at radius 3 is 2.38 bits per heavy atom. The van der Waals surface area contributed by atoms with Crippen LogP contribution in [-0.4, -0.2) is 56.0 Å². The van der Waals surface area contributed by atoms with E-state index >= 15 is 0 Å². The van der Waals surface area contributed by atoms with Crippen LogP contribution in [0.1, 0.15) is 0 Å². The molecule has 0 saturated carbocycles. The average Bonchev–Trinajstić information content (AvgIpc) is 2.71. The number of hydrogen-bond donors (Lipinski definition) is 2. The fraction of sp³-hybridized carbons (Fsp3) is 0.300. The Balaban J connectivity index is 1.39. The molecule has 154 valence electrons. The number of nitrogens with one attached hydrogen (secondary N) is 2. The number of piperazine rings is 1. The highest BCUT2D eigenvalue weighted by Crippen LogP contribution is 2.20. The fourth-order valence-electron chi connectivity index (χ4n) is 3.09. The average molecular weight is 423 g/mol. The molecule has 2 N–H and O–H groups in total. The Morgan fingerprint density at radius 1 is 0.966 bits per heavy atom. The van der Waals surface area contributed by atoms with Gasteiger partial charge in [-0.15, -0.1) is 0 Å². The first-order valence-corrected chi connectivity index (χ1v) is 9.58. The third-order valence-corrected chi connectivity index (χ3v) is 4.95. The third kappa shape index (κ3) is 5.65. The number of amides is 2. The summed E-state index contributed by atoms with van der Waals surface area (Å²) in [5.41, 5.74) is 0.832. The monoisotopic (exact) mass is 422 g/mol. The van der Waals surface area contributed by atoms with Crippen LogP contribution in [-0.2, 0) is 9.59 Å². The number of rotatable bonds is 5. The van der Waals surface area contributed by atoms with Crippen molar-refractivity contribution in [2.24, 2.45) is 0 Å². The summed E-state index contributed by atoms with van der Waals surface area (Å²) in [5.74, 6) is -2.47. The van der Waals surface area contributed by atoms with Crippen molar-refractivity contribution in [3.63, 3.8) is 0 Å². The smallest absolute Gasteiger partial charge is 0.313 e. The maximum Gasteiger partial charge on any atom is 0.313 e. The van der Waals surface area contributed by atoms with Crippen LogP contribution in [0, 0.1) is 11.6 Å². The molecule has 1 saturated heterocycles. The van der Waals surface area contributed by atoms with E-state index in [0.717, 1.165) is 19.2 Å². The fourth-order valence-corrected chi connectivity index (χ4v) is 3.27. The van der Waals surface area contributed by atoms with E-state index in [-0.39, 0.29) is 16.5 Å². The third-order valence-electron chi connectivity index (χ3n) is 4.66. The molecule has 0 unspecified atom stereocenters. The lowest BCUT2D eigenvalue weighted by molar-refractivity contribution is -0.136. The van der Waals surface area contributed by atoms with Gasteiger partial charge in [-0.1, -0.05) is 23.7 Å². The second kappa shape index (κ2) is 9.67. The van der Waals surface area contributed by atoms with Gasteiger partial charge in [-0.2, -0.15) is 0 Å². The Labute approximate surface area is 172 Å². The predicted octanol–water partition coefficient (Wildman–Crippen LogP) is 2.50. The van der Waals surface area contributed by atoms with E-state index < -0.39 is 17.6 Å². The number of para-hydroxylation sites is 1. The highest BCUT2D eigenvalue weighted by atomic mass is 35.5. The molecule has 0 aromatic heterocycles. The first-order chi connectivity index (χ1) is 13.9. The van der Waals surface area contributed by atoms with Crippen LogP contribution in [0.4, 0.5) is 20.2 Å². The normalized spacial score (nSPS) is 14.5. The maximum absolute atomic E-state index is 13.9. The summed E-state index contributed by atoms with van der Waals surface area (Å²) in [5, 5.41) is 4.78. The molecule has 0 atom stereocenters. The van der Waals surface area contributed by atoms with Crippen molar-refractivity contribution in [1.82, 2.24) is 10.2 Å². The number of benzene rings is 2. The number of hydrogen-bond acceptors (Lipinski definition) is 4. The summed E-state index contributed by atoms with van der Waals surface area (Å²) >= 11 is 5.65. The molecule has 1 heterocycles. The summed E-state index contributed by atoms with van der Waals surface area (Å²) in [6, 6.07) is 10.3. The molecule has 1 aliphatic heterocycles. The Bertz CT molecular complexity index is 889. The highest BCUT2D eigenvalue weighted by molar-refractivity contribution is 6.39. The van der Waals surface area contributed by atoms with Crippen molar-refractivity contribution < 1.29 is 18.4 Å². The molecule has 6 nitrogen and oxygen atoms in total. The molecule has 1 aliphatic rings. The highest BCUT2D eigenvalue weighted by Gasteiger charge is 2.20. The van der Waals surface area contributed by atoms with Gasteiger partial charge in [0.15, 0.2) is 0 Å². The van der Waals surface area contributed by atoms with Crippen molar-refractivity contribution in [2.45, 2.75) is 0 Å². The molecular weight excluding hydrogens is 402 g/mol. The van der Waals surface area contributed by atoms with Crippen LogP contribution < -0.4 is 15.5 Å². The van der Waals surface area contributed by atoms with Crippen molar-refractivity contribution in [3.8, 4) is 0 Å². The lowest BCUT2D eigenvalue weighted by atomic mass is 10.2. The van der Waals surface area contributed by atoms with E-state index in [4.69, 9.17) is 11.6 Å². The van der Waals surface area contributed by atoms with Gasteiger partial charge in [0, 0.05) is 45.0 Å². The zero-order valence-corrected chi connectivity index (χ0v) is 16.4. The number of nitrogens with zero attached hydrogens (tertiary/aromatic N) is 2. The molecule has 29 heavy (non-hydrogen) atoms. The van der Waals surface area contributed by atoms with Crippen molar-refractivity contribution in [2.75, 3.05) is 49.5 Å².